The van der Waals surface area contributed by atoms with Gasteiger partial charge >= 0.3 is 0 Å². The van der Waals surface area contributed by atoms with E-state index in [1.165, 1.54) is 0 Å². The first-order valence-electron chi connectivity index (χ1n) is 3.46. The molecule has 0 aromatic carbocycles. The molecule has 0 bridgehead atoms. The van der Waals surface area contributed by atoms with E-state index in [9.17, 15) is 0 Å². The number of hydrogen-bond donors (Lipinski definition) is 2. The molecule has 2 unspecified atom stereocenters. The fourth-order valence-electron chi connectivity index (χ4n) is 0.659. The topological polar surface area (TPSA) is 74.8 Å². The number of rotatable bonds is 4. The lowest BCUT2D eigenvalue weighted by atomic mass is 10.5. The second-order valence-electron chi connectivity index (χ2n) is 2.45. The monoisotopic (exact) mass is 164 g/mol. The van der Waals surface area contributed by atoms with Crippen molar-refractivity contribution < 1.29 is 24.7 Å². The van der Waals surface area contributed by atoms with Gasteiger partial charge < -0.3 is 14.2 Å². The summed E-state index contributed by atoms with van der Waals surface area (Å²) >= 11 is 0. The third-order valence-electron chi connectivity index (χ3n) is 1.41. The molecule has 0 spiro atoms. The highest BCUT2D eigenvalue weighted by atomic mass is 17.0. The minimum atomic E-state index is 0.392. The van der Waals surface area contributed by atoms with Gasteiger partial charge in [-0.05, 0) is 0 Å². The van der Waals surface area contributed by atoms with Crippen molar-refractivity contribution >= 4 is 0 Å². The summed E-state index contributed by atoms with van der Waals surface area (Å²) in [5.41, 5.74) is 0. The number of hydrogen-bond acceptors (Lipinski definition) is 5. The highest BCUT2D eigenvalue weighted by Crippen LogP contribution is 2.12. The molecule has 2 atom stereocenters. The van der Waals surface area contributed by atoms with Crippen molar-refractivity contribution in [2.24, 2.45) is 0 Å². The van der Waals surface area contributed by atoms with Crippen LogP contribution in [0.2, 0.25) is 0 Å². The molecule has 0 aliphatic carbocycles. The highest BCUT2D eigenvalue weighted by molar-refractivity contribution is 4.71. The summed E-state index contributed by atoms with van der Waals surface area (Å²) in [6, 6.07) is 0. The first kappa shape index (κ1) is 8.89. The SMILES string of the molecule is C(OCC1CO1)C1CO1.OO. The first-order chi connectivity index (χ1) is 5.45. The summed E-state index contributed by atoms with van der Waals surface area (Å²) in [5.74, 6) is 0. The van der Waals surface area contributed by atoms with Gasteiger partial charge in [-0.3, -0.25) is 10.5 Å². The van der Waals surface area contributed by atoms with Gasteiger partial charge in [-0.1, -0.05) is 0 Å². The second kappa shape index (κ2) is 4.63. The van der Waals surface area contributed by atoms with Crippen LogP contribution >= 0.6 is 0 Å². The largest absolute Gasteiger partial charge is 0.376 e. The van der Waals surface area contributed by atoms with Crippen molar-refractivity contribution in [2.45, 2.75) is 12.2 Å². The maximum absolute atomic E-state index is 6.00. The summed E-state index contributed by atoms with van der Waals surface area (Å²) in [6.45, 7) is 3.26. The lowest BCUT2D eigenvalue weighted by Gasteiger charge is -1.95. The maximum atomic E-state index is 6.00. The summed E-state index contributed by atoms with van der Waals surface area (Å²) in [7, 11) is 0. The van der Waals surface area contributed by atoms with Crippen LogP contribution in [0, 0.1) is 0 Å². The Balaban J connectivity index is 0.000000281. The molecule has 11 heavy (non-hydrogen) atoms. The van der Waals surface area contributed by atoms with Crippen molar-refractivity contribution in [3.8, 4) is 0 Å². The van der Waals surface area contributed by atoms with Crippen molar-refractivity contribution in [1.29, 1.82) is 0 Å². The van der Waals surface area contributed by atoms with Crippen LogP contribution in [0.15, 0.2) is 0 Å². The summed E-state index contributed by atoms with van der Waals surface area (Å²) in [5, 5.41) is 12.0. The molecule has 0 radical (unpaired) electrons. The molecule has 2 rings (SSSR count). The van der Waals surface area contributed by atoms with E-state index in [0.717, 1.165) is 26.4 Å². The van der Waals surface area contributed by atoms with Gasteiger partial charge in [-0.15, -0.1) is 0 Å². The van der Waals surface area contributed by atoms with Gasteiger partial charge in [0.15, 0.2) is 0 Å². The van der Waals surface area contributed by atoms with Gasteiger partial charge in [0.05, 0.1) is 26.4 Å². The Bertz CT molecular complexity index is 87.1. The average Bonchev–Trinajstić information content (AvgIpc) is 2.86. The lowest BCUT2D eigenvalue weighted by Crippen LogP contribution is -2.06. The van der Waals surface area contributed by atoms with Crippen molar-refractivity contribution in [3.63, 3.8) is 0 Å². The quantitative estimate of drug-likeness (QED) is 0.342. The average molecular weight is 164 g/mol. The van der Waals surface area contributed by atoms with E-state index < -0.39 is 0 Å². The zero-order valence-electron chi connectivity index (χ0n) is 6.10. The summed E-state index contributed by atoms with van der Waals surface area (Å²) in [6.07, 6.45) is 0.785. The van der Waals surface area contributed by atoms with E-state index in [-0.39, 0.29) is 0 Å². The molecule has 2 saturated heterocycles. The van der Waals surface area contributed by atoms with E-state index in [1.54, 1.807) is 0 Å². The number of ether oxygens (including phenoxy) is 3. The van der Waals surface area contributed by atoms with Gasteiger partial charge in [0.1, 0.15) is 12.2 Å². The van der Waals surface area contributed by atoms with Gasteiger partial charge in [0, 0.05) is 0 Å². The first-order valence-corrected chi connectivity index (χ1v) is 3.46. The smallest absolute Gasteiger partial charge is 0.104 e. The molecule has 0 amide bonds. The lowest BCUT2D eigenvalue weighted by molar-refractivity contribution is -0.176. The van der Waals surface area contributed by atoms with E-state index >= 15 is 0 Å². The van der Waals surface area contributed by atoms with Crippen LogP contribution in [-0.2, 0) is 14.2 Å². The predicted octanol–water partition coefficient (Wildman–Crippen LogP) is -0.182. The minimum absolute atomic E-state index is 0.392. The molecule has 5 heteroatoms. The van der Waals surface area contributed by atoms with Gasteiger partial charge in [0.25, 0.3) is 0 Å². The Hall–Kier alpha value is -0.200. The van der Waals surface area contributed by atoms with E-state index in [1.807, 2.05) is 0 Å². The predicted molar refractivity (Wildman–Crippen MR) is 35.6 cm³/mol. The molecule has 2 N–H and O–H groups in total. The fraction of sp³-hybridized carbons (Fsp3) is 1.00. The standard InChI is InChI=1S/C6H10O3.H2O2/c1(5-3-8-5)7-2-6-4-9-6;1-2/h5-6H,1-4H2;1-2H. The summed E-state index contributed by atoms with van der Waals surface area (Å²) < 4.78 is 15.1. The Labute approximate surface area is 64.4 Å². The molecule has 0 aromatic rings. The Morgan fingerprint density at radius 3 is 1.73 bits per heavy atom. The van der Waals surface area contributed by atoms with Crippen LogP contribution in [-0.4, -0.2) is 49.1 Å². The molecule has 2 heterocycles. The fourth-order valence-corrected chi connectivity index (χ4v) is 0.659. The van der Waals surface area contributed by atoms with E-state index in [0.29, 0.717) is 12.2 Å². The zero-order valence-corrected chi connectivity index (χ0v) is 6.10. The van der Waals surface area contributed by atoms with Gasteiger partial charge in [-0.25, -0.2) is 0 Å². The third kappa shape index (κ3) is 4.28. The molecule has 66 valence electrons. The molecular formula is C6H12O5. The normalized spacial score (nSPS) is 32.2. The van der Waals surface area contributed by atoms with Gasteiger partial charge in [0.2, 0.25) is 0 Å². The summed E-state index contributed by atoms with van der Waals surface area (Å²) in [4.78, 5) is 0. The molecule has 0 saturated carbocycles. The van der Waals surface area contributed by atoms with Crippen LogP contribution < -0.4 is 0 Å². The maximum Gasteiger partial charge on any atom is 0.104 e. The van der Waals surface area contributed by atoms with Crippen LogP contribution in [0.4, 0.5) is 0 Å². The van der Waals surface area contributed by atoms with Crippen LogP contribution in [0.1, 0.15) is 0 Å². The number of epoxide rings is 2. The minimum Gasteiger partial charge on any atom is -0.376 e. The Morgan fingerprint density at radius 2 is 1.45 bits per heavy atom. The van der Waals surface area contributed by atoms with Crippen molar-refractivity contribution in [3.05, 3.63) is 0 Å². The van der Waals surface area contributed by atoms with Crippen LogP contribution in [0.3, 0.4) is 0 Å². The van der Waals surface area contributed by atoms with Gasteiger partial charge in [-0.2, -0.15) is 0 Å². The van der Waals surface area contributed by atoms with Crippen molar-refractivity contribution in [1.82, 2.24) is 0 Å². The van der Waals surface area contributed by atoms with Crippen molar-refractivity contribution in [2.75, 3.05) is 26.4 Å². The van der Waals surface area contributed by atoms with E-state index in [2.05, 4.69) is 0 Å². The molecule has 0 aromatic heterocycles. The molecule has 2 aliphatic heterocycles. The molecule has 2 aliphatic rings. The molecule has 5 nitrogen and oxygen atoms in total. The van der Waals surface area contributed by atoms with Crippen LogP contribution in [0.25, 0.3) is 0 Å². The molecular weight excluding hydrogens is 152 g/mol. The van der Waals surface area contributed by atoms with Crippen LogP contribution in [0.5, 0.6) is 0 Å². The molecule has 2 fully saturated rings. The Morgan fingerprint density at radius 1 is 1.09 bits per heavy atom. The Kier molecular flexibility index (Phi) is 3.74. The highest BCUT2D eigenvalue weighted by Gasteiger charge is 2.26. The zero-order chi connectivity index (χ0) is 8.10. The second-order valence-corrected chi connectivity index (χ2v) is 2.45. The van der Waals surface area contributed by atoms with E-state index in [4.69, 9.17) is 24.7 Å². The third-order valence-corrected chi connectivity index (χ3v) is 1.41.